The smallest absolute Gasteiger partial charge is 0.404 e. The van der Waals surface area contributed by atoms with Crippen LogP contribution in [0.1, 0.15) is 11.7 Å². The lowest BCUT2D eigenvalue weighted by Crippen LogP contribution is -2.70. The van der Waals surface area contributed by atoms with Crippen molar-refractivity contribution in [3.63, 3.8) is 0 Å². The Balaban J connectivity index is 1.85. The molecule has 2 aromatic carbocycles. The quantitative estimate of drug-likeness (QED) is 0.458. The lowest BCUT2D eigenvalue weighted by Gasteiger charge is -2.23. The Labute approximate surface area is 175 Å². The Morgan fingerprint density at radius 1 is 1.17 bits per heavy atom. The van der Waals surface area contributed by atoms with Gasteiger partial charge in [0.2, 0.25) is 11.4 Å². The maximum Gasteiger partial charge on any atom is 0.597 e. The van der Waals surface area contributed by atoms with E-state index >= 15 is 0 Å². The monoisotopic (exact) mass is 432 g/mol. The molecule has 9 heteroatoms. The number of nitrogen functional groups attached to an aromatic ring is 1. The molecular weight excluding hydrogens is 408 g/mol. The van der Waals surface area contributed by atoms with Crippen LogP contribution in [0, 0.1) is 0 Å². The molecule has 1 aromatic heterocycles. The van der Waals surface area contributed by atoms with Crippen molar-refractivity contribution in [2.45, 2.75) is 32.3 Å². The summed E-state index contributed by atoms with van der Waals surface area (Å²) in [5, 5.41) is 3.35. The standard InChI is InChI=1S/C20H24ClN4O3Si/c1-29(2,3)28-18(15-7-5-4-6-8-15)13-24-14-19(22)27-25(24)20(26)23-17-11-9-16(21)10-12-17/h4-12,14,18H,13H2,1-3H3,(H2-,22,23,26)/q+1/p+1. The fourth-order valence-electron chi connectivity index (χ4n) is 2.84. The zero-order chi connectivity index (χ0) is 21.0. The Kier molecular flexibility index (Phi) is 6.36. The highest BCUT2D eigenvalue weighted by Crippen LogP contribution is 2.22. The van der Waals surface area contributed by atoms with Crippen LogP contribution < -0.4 is 20.6 Å². The summed E-state index contributed by atoms with van der Waals surface area (Å²) >= 11 is 5.89. The first-order valence-electron chi connectivity index (χ1n) is 9.22. The number of hydrogen-bond donors (Lipinski definition) is 2. The second-order valence-corrected chi connectivity index (χ2v) is 12.5. The molecule has 152 valence electrons. The molecule has 0 aliphatic heterocycles. The van der Waals surface area contributed by atoms with E-state index in [2.05, 4.69) is 25.0 Å². The van der Waals surface area contributed by atoms with E-state index in [1.807, 2.05) is 30.3 Å². The summed E-state index contributed by atoms with van der Waals surface area (Å²) in [6.45, 7) is 6.74. The van der Waals surface area contributed by atoms with E-state index in [0.29, 0.717) is 17.3 Å². The van der Waals surface area contributed by atoms with Gasteiger partial charge < -0.3 is 10.2 Å². The first-order valence-corrected chi connectivity index (χ1v) is 13.0. The van der Waals surface area contributed by atoms with Gasteiger partial charge in [0, 0.05) is 9.70 Å². The third-order valence-electron chi connectivity index (χ3n) is 3.99. The zero-order valence-electron chi connectivity index (χ0n) is 16.6. The number of carbonyl (C=O) groups is 1. The number of halogens is 1. The van der Waals surface area contributed by atoms with Crippen LogP contribution in [-0.2, 0) is 11.0 Å². The molecule has 0 bridgehead atoms. The van der Waals surface area contributed by atoms with E-state index in [1.54, 1.807) is 35.1 Å². The summed E-state index contributed by atoms with van der Waals surface area (Å²) in [6, 6.07) is 16.2. The highest BCUT2D eigenvalue weighted by molar-refractivity contribution is 6.69. The average molecular weight is 433 g/mol. The molecule has 1 unspecified atom stereocenters. The Bertz CT molecular complexity index is 972. The molecule has 7 nitrogen and oxygen atoms in total. The fourth-order valence-corrected chi connectivity index (χ4v) is 4.03. The number of amides is 1. The van der Waals surface area contributed by atoms with E-state index in [9.17, 15) is 4.79 Å². The lowest BCUT2D eigenvalue weighted by molar-refractivity contribution is -1.27. The van der Waals surface area contributed by atoms with Crippen molar-refractivity contribution in [1.29, 1.82) is 0 Å². The summed E-state index contributed by atoms with van der Waals surface area (Å²) in [7, 11) is -1.86. The number of nitrogens with two attached hydrogens (primary N) is 1. The summed E-state index contributed by atoms with van der Waals surface area (Å²) in [4.78, 5) is 13.8. The molecule has 1 atom stereocenters. The van der Waals surface area contributed by atoms with Gasteiger partial charge >= 0.3 is 11.9 Å². The van der Waals surface area contributed by atoms with Crippen LogP contribution in [0.4, 0.5) is 16.4 Å². The van der Waals surface area contributed by atoms with Crippen molar-refractivity contribution in [3.05, 3.63) is 71.4 Å². The SMILES string of the molecule is C[Si](C)(C)OC(C[n+]1cc(N)o[n+]1C(=O)Nc1ccc(Cl)cc1)c1ccccc1. The van der Waals surface area contributed by atoms with Crippen molar-refractivity contribution in [2.75, 3.05) is 11.1 Å². The van der Waals surface area contributed by atoms with Gasteiger partial charge in [0.05, 0.1) is 0 Å². The van der Waals surface area contributed by atoms with Crippen LogP contribution in [0.2, 0.25) is 24.7 Å². The van der Waals surface area contributed by atoms with Crippen molar-refractivity contribution >= 4 is 37.5 Å². The van der Waals surface area contributed by atoms with E-state index in [-0.39, 0.29) is 12.0 Å². The second kappa shape index (κ2) is 8.77. The molecule has 0 aliphatic rings. The average Bonchev–Trinajstić information content (AvgIpc) is 3.03. The van der Waals surface area contributed by atoms with Gasteiger partial charge in [-0.15, -0.1) is 0 Å². The van der Waals surface area contributed by atoms with Gasteiger partial charge in [0.25, 0.3) is 6.20 Å². The van der Waals surface area contributed by atoms with E-state index in [0.717, 1.165) is 10.4 Å². The van der Waals surface area contributed by atoms with Crippen LogP contribution in [0.5, 0.6) is 0 Å². The van der Waals surface area contributed by atoms with Crippen LogP contribution in [0.25, 0.3) is 0 Å². The van der Waals surface area contributed by atoms with E-state index in [4.69, 9.17) is 26.3 Å². The normalized spacial score (nSPS) is 12.6. The van der Waals surface area contributed by atoms with Crippen molar-refractivity contribution < 1.29 is 23.3 Å². The predicted molar refractivity (Wildman–Crippen MR) is 113 cm³/mol. The summed E-state index contributed by atoms with van der Waals surface area (Å²) < 4.78 is 13.4. The van der Waals surface area contributed by atoms with Gasteiger partial charge in [-0.2, -0.15) is 10.1 Å². The predicted octanol–water partition coefficient (Wildman–Crippen LogP) is 3.76. The molecule has 3 rings (SSSR count). The molecule has 1 heterocycles. The molecule has 0 radical (unpaired) electrons. The van der Waals surface area contributed by atoms with E-state index in [1.165, 1.54) is 0 Å². The molecule has 0 spiro atoms. The molecule has 0 fully saturated rings. The van der Waals surface area contributed by atoms with Gasteiger partial charge in [0.1, 0.15) is 11.8 Å². The fraction of sp³-hybridized carbons (Fsp3) is 0.250. The van der Waals surface area contributed by atoms with Gasteiger partial charge in [-0.3, -0.25) is 0 Å². The topological polar surface area (TPSA) is 85.2 Å². The maximum absolute atomic E-state index is 12.8. The number of carbonyl (C=O) groups excluding carboxylic acids is 1. The first-order chi connectivity index (χ1) is 13.7. The van der Waals surface area contributed by atoms with Crippen LogP contribution in [0.15, 0.2) is 65.3 Å². The number of nitrogens with one attached hydrogen (secondary N) is 1. The number of anilines is 2. The third-order valence-corrected chi connectivity index (χ3v) is 5.23. The number of benzene rings is 2. The minimum absolute atomic E-state index is 0.121. The molecule has 3 N–H and O–H groups in total. The first kappa shape index (κ1) is 21.0. The highest BCUT2D eigenvalue weighted by Gasteiger charge is 2.35. The molecule has 1 amide bonds. The van der Waals surface area contributed by atoms with Gasteiger partial charge in [-0.25, -0.2) is 4.52 Å². The largest absolute Gasteiger partial charge is 0.597 e. The minimum Gasteiger partial charge on any atom is -0.404 e. The summed E-state index contributed by atoms with van der Waals surface area (Å²) in [5.74, 6) is 0.121. The molecule has 0 saturated heterocycles. The Hall–Kier alpha value is -2.68. The number of rotatable bonds is 6. The molecule has 3 aromatic rings. The van der Waals surface area contributed by atoms with Crippen LogP contribution in [-0.4, -0.2) is 14.3 Å². The Morgan fingerprint density at radius 2 is 1.83 bits per heavy atom. The summed E-state index contributed by atoms with van der Waals surface area (Å²) in [6.07, 6.45) is 1.32. The Morgan fingerprint density at radius 3 is 2.45 bits per heavy atom. The van der Waals surface area contributed by atoms with Gasteiger partial charge in [-0.1, -0.05) is 41.9 Å². The summed E-state index contributed by atoms with van der Waals surface area (Å²) in [5.41, 5.74) is 7.44. The van der Waals surface area contributed by atoms with Crippen LogP contribution >= 0.6 is 11.6 Å². The van der Waals surface area contributed by atoms with Crippen molar-refractivity contribution in [1.82, 2.24) is 0 Å². The zero-order valence-corrected chi connectivity index (χ0v) is 18.4. The van der Waals surface area contributed by atoms with Gasteiger partial charge in [0.15, 0.2) is 8.32 Å². The number of aromatic nitrogens is 2. The molecule has 0 aliphatic carbocycles. The molecular formula is C20H25ClN4O3Si+2. The van der Waals surface area contributed by atoms with Crippen molar-refractivity contribution in [3.8, 4) is 0 Å². The van der Waals surface area contributed by atoms with Gasteiger partial charge in [-0.05, 0) is 49.5 Å². The number of hydrogen-bond acceptors (Lipinski definition) is 4. The highest BCUT2D eigenvalue weighted by atomic mass is 35.5. The third kappa shape index (κ3) is 5.90. The lowest BCUT2D eigenvalue weighted by atomic mass is 10.1. The number of nitrogens with zero attached hydrogens (tertiary/aromatic N) is 2. The second-order valence-electron chi connectivity index (χ2n) is 7.58. The minimum atomic E-state index is -1.86. The molecule has 29 heavy (non-hydrogen) atoms. The van der Waals surface area contributed by atoms with Crippen LogP contribution in [0.3, 0.4) is 0 Å². The van der Waals surface area contributed by atoms with E-state index < -0.39 is 14.3 Å². The van der Waals surface area contributed by atoms with Crippen molar-refractivity contribution in [2.24, 2.45) is 0 Å². The molecule has 0 saturated carbocycles. The maximum atomic E-state index is 12.8.